The number of aromatic nitrogens is 1. The van der Waals surface area contributed by atoms with Gasteiger partial charge < -0.3 is 4.42 Å². The third-order valence-electron chi connectivity index (χ3n) is 1.87. The first-order valence-electron chi connectivity index (χ1n) is 4.17. The molecule has 0 N–H and O–H groups in total. The van der Waals surface area contributed by atoms with Gasteiger partial charge in [-0.1, -0.05) is 29.3 Å². The number of hydrogen-bond acceptors (Lipinski definition) is 2. The van der Waals surface area contributed by atoms with Crippen LogP contribution in [0, 0.1) is 0 Å². The molecule has 0 aliphatic carbocycles. The van der Waals surface area contributed by atoms with Crippen LogP contribution in [-0.4, -0.2) is 4.98 Å². The molecule has 0 unspecified atom stereocenters. The molecule has 15 heavy (non-hydrogen) atoms. The van der Waals surface area contributed by atoms with Crippen LogP contribution in [-0.2, 0) is 5.88 Å². The van der Waals surface area contributed by atoms with E-state index in [9.17, 15) is 0 Å². The second-order valence-corrected chi connectivity index (χ2v) is 3.92. The summed E-state index contributed by atoms with van der Waals surface area (Å²) in [4.78, 5) is 4.07. The Kier molecular flexibility index (Phi) is 3.19. The lowest BCUT2D eigenvalue weighted by Crippen LogP contribution is -1.79. The van der Waals surface area contributed by atoms with Crippen molar-refractivity contribution in [2.45, 2.75) is 5.88 Å². The van der Waals surface area contributed by atoms with Crippen LogP contribution in [0.1, 0.15) is 5.76 Å². The smallest absolute Gasteiger partial charge is 0.227 e. The van der Waals surface area contributed by atoms with Gasteiger partial charge in [0.2, 0.25) is 5.89 Å². The summed E-state index contributed by atoms with van der Waals surface area (Å²) < 4.78 is 5.37. The molecule has 2 rings (SSSR count). The molecule has 0 amide bonds. The minimum atomic E-state index is 0.283. The standard InChI is InChI=1S/C10H6Cl3NO/c11-4-6-5-14-10(15-6)7-2-1-3-8(12)9(7)13/h1-3,5H,4H2. The van der Waals surface area contributed by atoms with Gasteiger partial charge in [0, 0.05) is 0 Å². The van der Waals surface area contributed by atoms with Crippen molar-refractivity contribution in [2.24, 2.45) is 0 Å². The zero-order chi connectivity index (χ0) is 10.8. The van der Waals surface area contributed by atoms with Crippen molar-refractivity contribution in [3.8, 4) is 11.5 Å². The monoisotopic (exact) mass is 261 g/mol. The van der Waals surface area contributed by atoms with E-state index in [4.69, 9.17) is 39.2 Å². The molecule has 1 aromatic carbocycles. The molecule has 2 nitrogen and oxygen atoms in total. The van der Waals surface area contributed by atoms with Crippen molar-refractivity contribution in [1.29, 1.82) is 0 Å². The van der Waals surface area contributed by atoms with Crippen LogP contribution in [0.25, 0.3) is 11.5 Å². The summed E-state index contributed by atoms with van der Waals surface area (Å²) in [7, 11) is 0. The van der Waals surface area contributed by atoms with Gasteiger partial charge in [-0.25, -0.2) is 4.98 Å². The van der Waals surface area contributed by atoms with Gasteiger partial charge in [0.25, 0.3) is 0 Å². The van der Waals surface area contributed by atoms with E-state index in [-0.39, 0.29) is 5.88 Å². The minimum absolute atomic E-state index is 0.283. The zero-order valence-electron chi connectivity index (χ0n) is 7.51. The Morgan fingerprint density at radius 2 is 2.07 bits per heavy atom. The fourth-order valence-electron chi connectivity index (χ4n) is 1.16. The van der Waals surface area contributed by atoms with Gasteiger partial charge >= 0.3 is 0 Å². The molecule has 0 bridgehead atoms. The summed E-state index contributed by atoms with van der Waals surface area (Å²) in [5.74, 6) is 1.31. The average molecular weight is 263 g/mol. The van der Waals surface area contributed by atoms with Crippen molar-refractivity contribution < 1.29 is 4.42 Å². The molecule has 0 aliphatic heterocycles. The Bertz CT molecular complexity index is 481. The van der Waals surface area contributed by atoms with Crippen molar-refractivity contribution >= 4 is 34.8 Å². The highest BCUT2D eigenvalue weighted by Gasteiger charge is 2.11. The number of alkyl halides is 1. The third-order valence-corrected chi connectivity index (χ3v) is 2.95. The summed E-state index contributed by atoms with van der Waals surface area (Å²) in [6.07, 6.45) is 1.57. The molecule has 0 atom stereocenters. The first-order chi connectivity index (χ1) is 7.22. The fraction of sp³-hybridized carbons (Fsp3) is 0.100. The number of oxazole rings is 1. The van der Waals surface area contributed by atoms with Crippen molar-refractivity contribution in [2.75, 3.05) is 0 Å². The van der Waals surface area contributed by atoms with E-state index in [0.29, 0.717) is 27.3 Å². The van der Waals surface area contributed by atoms with Gasteiger partial charge in [0.1, 0.15) is 5.76 Å². The second-order valence-electron chi connectivity index (χ2n) is 2.87. The van der Waals surface area contributed by atoms with Gasteiger partial charge in [-0.3, -0.25) is 0 Å². The lowest BCUT2D eigenvalue weighted by molar-refractivity contribution is 0.537. The molecule has 5 heteroatoms. The largest absolute Gasteiger partial charge is 0.440 e. The van der Waals surface area contributed by atoms with Crippen LogP contribution in [0.15, 0.2) is 28.8 Å². The maximum Gasteiger partial charge on any atom is 0.227 e. The van der Waals surface area contributed by atoms with E-state index in [1.807, 2.05) is 0 Å². The van der Waals surface area contributed by atoms with Crippen LogP contribution < -0.4 is 0 Å². The van der Waals surface area contributed by atoms with Crippen LogP contribution in [0.5, 0.6) is 0 Å². The van der Waals surface area contributed by atoms with Gasteiger partial charge in [-0.05, 0) is 12.1 Å². The van der Waals surface area contributed by atoms with Gasteiger partial charge in [-0.15, -0.1) is 11.6 Å². The molecule has 0 fully saturated rings. The molecule has 1 aromatic heterocycles. The Hall–Kier alpha value is -0.700. The highest BCUT2D eigenvalue weighted by Crippen LogP contribution is 2.33. The Morgan fingerprint density at radius 1 is 1.27 bits per heavy atom. The molecule has 78 valence electrons. The van der Waals surface area contributed by atoms with E-state index in [1.54, 1.807) is 24.4 Å². The number of halogens is 3. The second kappa shape index (κ2) is 4.44. The quantitative estimate of drug-likeness (QED) is 0.750. The highest BCUT2D eigenvalue weighted by atomic mass is 35.5. The lowest BCUT2D eigenvalue weighted by atomic mass is 10.2. The lowest BCUT2D eigenvalue weighted by Gasteiger charge is -2.00. The minimum Gasteiger partial charge on any atom is -0.440 e. The van der Waals surface area contributed by atoms with Crippen LogP contribution >= 0.6 is 34.8 Å². The maximum atomic E-state index is 6.02. The predicted octanol–water partition coefficient (Wildman–Crippen LogP) is 4.39. The van der Waals surface area contributed by atoms with Gasteiger partial charge in [0.15, 0.2) is 0 Å². The Labute approximate surface area is 102 Å². The predicted molar refractivity (Wildman–Crippen MR) is 61.5 cm³/mol. The SMILES string of the molecule is ClCc1cnc(-c2cccc(Cl)c2Cl)o1. The van der Waals surface area contributed by atoms with E-state index in [2.05, 4.69) is 4.98 Å². The maximum absolute atomic E-state index is 6.02. The van der Waals surface area contributed by atoms with Crippen LogP contribution in [0.3, 0.4) is 0 Å². The number of hydrogen-bond donors (Lipinski definition) is 0. The van der Waals surface area contributed by atoms with Gasteiger partial charge in [-0.2, -0.15) is 0 Å². The summed E-state index contributed by atoms with van der Waals surface area (Å²) in [6, 6.07) is 5.28. The zero-order valence-corrected chi connectivity index (χ0v) is 9.77. The molecule has 0 saturated carbocycles. The van der Waals surface area contributed by atoms with Crippen LogP contribution in [0.2, 0.25) is 10.0 Å². The first kappa shape index (κ1) is 10.8. The Balaban J connectivity index is 2.49. The average Bonchev–Trinajstić information content (AvgIpc) is 2.70. The molecule has 1 heterocycles. The molecule has 0 aliphatic rings. The Morgan fingerprint density at radius 3 is 2.73 bits per heavy atom. The highest BCUT2D eigenvalue weighted by molar-refractivity contribution is 6.43. The van der Waals surface area contributed by atoms with E-state index >= 15 is 0 Å². The van der Waals surface area contributed by atoms with Gasteiger partial charge in [0.05, 0.1) is 27.7 Å². The van der Waals surface area contributed by atoms with Crippen molar-refractivity contribution in [3.05, 3.63) is 40.2 Å². The van der Waals surface area contributed by atoms with Crippen molar-refractivity contribution in [1.82, 2.24) is 4.98 Å². The summed E-state index contributed by atoms with van der Waals surface area (Å²) in [5.41, 5.74) is 0.667. The van der Waals surface area contributed by atoms with E-state index in [0.717, 1.165) is 0 Å². The first-order valence-corrected chi connectivity index (χ1v) is 5.46. The summed E-state index contributed by atoms with van der Waals surface area (Å²) >= 11 is 17.5. The van der Waals surface area contributed by atoms with E-state index < -0.39 is 0 Å². The molecule has 2 aromatic rings. The number of nitrogens with zero attached hydrogens (tertiary/aromatic N) is 1. The normalized spacial score (nSPS) is 10.6. The van der Waals surface area contributed by atoms with Crippen LogP contribution in [0.4, 0.5) is 0 Å². The summed E-state index contributed by atoms with van der Waals surface area (Å²) in [5, 5.41) is 0.905. The fourth-order valence-corrected chi connectivity index (χ4v) is 1.67. The summed E-state index contributed by atoms with van der Waals surface area (Å²) in [6.45, 7) is 0. The number of benzene rings is 1. The molecular weight excluding hydrogens is 256 g/mol. The third kappa shape index (κ3) is 2.12. The van der Waals surface area contributed by atoms with Crippen molar-refractivity contribution in [3.63, 3.8) is 0 Å². The molecular formula is C10H6Cl3NO. The molecule has 0 spiro atoms. The topological polar surface area (TPSA) is 26.0 Å². The van der Waals surface area contributed by atoms with E-state index in [1.165, 1.54) is 0 Å². The molecule has 0 saturated heterocycles. The number of rotatable bonds is 2. The molecule has 0 radical (unpaired) electrons.